The molecule has 0 radical (unpaired) electrons. The van der Waals surface area contributed by atoms with Crippen LogP contribution in [0.1, 0.15) is 6.92 Å². The number of rotatable bonds is 8. The van der Waals surface area contributed by atoms with Crippen LogP contribution in [0.2, 0.25) is 0 Å². The van der Waals surface area contributed by atoms with E-state index in [1.54, 1.807) is 31.2 Å². The van der Waals surface area contributed by atoms with Crippen molar-refractivity contribution < 1.29 is 33.8 Å². The second-order valence-electron chi connectivity index (χ2n) is 6.32. The van der Waals surface area contributed by atoms with Gasteiger partial charge in [-0.05, 0) is 30.7 Å². The molecule has 30 heavy (non-hydrogen) atoms. The van der Waals surface area contributed by atoms with E-state index in [4.69, 9.17) is 9.47 Å². The number of amides is 2. The van der Waals surface area contributed by atoms with E-state index in [-0.39, 0.29) is 24.7 Å². The van der Waals surface area contributed by atoms with Crippen molar-refractivity contribution in [1.29, 1.82) is 0 Å². The molecule has 2 aliphatic heterocycles. The van der Waals surface area contributed by atoms with E-state index >= 15 is 0 Å². The number of fused-ring (bicyclic) bond motifs is 1. The Morgan fingerprint density at radius 3 is 2.70 bits per heavy atom. The maximum atomic E-state index is 12.6. The van der Waals surface area contributed by atoms with Crippen molar-refractivity contribution in [3.8, 4) is 5.75 Å². The minimum Gasteiger partial charge on any atom is -0.484 e. The molecule has 2 unspecified atom stereocenters. The zero-order valence-corrected chi connectivity index (χ0v) is 16.9. The fourth-order valence-corrected chi connectivity index (χ4v) is 4.33. The van der Waals surface area contributed by atoms with Gasteiger partial charge in [-0.3, -0.25) is 14.5 Å². The number of hydrogen-bond donors (Lipinski definition) is 2. The van der Waals surface area contributed by atoms with Crippen LogP contribution < -0.4 is 10.1 Å². The predicted molar refractivity (Wildman–Crippen MR) is 107 cm³/mol. The van der Waals surface area contributed by atoms with Gasteiger partial charge in [-0.25, -0.2) is 9.59 Å². The number of carboxylic acids is 1. The topological polar surface area (TPSA) is 122 Å². The van der Waals surface area contributed by atoms with Gasteiger partial charge < -0.3 is 19.9 Å². The number of nitrogens with zero attached hydrogens (tertiary/aromatic N) is 1. The first-order chi connectivity index (χ1) is 14.4. The zero-order chi connectivity index (χ0) is 21.7. The Kier molecular flexibility index (Phi) is 6.78. The fraction of sp³-hybridized carbons (Fsp3) is 0.300. The van der Waals surface area contributed by atoms with E-state index in [9.17, 15) is 24.3 Å². The standard InChI is InChI=1S/C20H20N2O7S/c1-2-28-15(24)9-8-12-11-30-19-16(18(25)22(19)17(12)20(26)27)21-14(23)10-29-13-6-4-3-5-7-13/h3-9,16,19H,2,10-11H2,1H3,(H,21,23)(H,26,27)/b9-8+. The van der Waals surface area contributed by atoms with Gasteiger partial charge >= 0.3 is 11.9 Å². The molecule has 2 amide bonds. The fourth-order valence-electron chi connectivity index (χ4n) is 3.01. The summed E-state index contributed by atoms with van der Waals surface area (Å²) < 4.78 is 10.1. The molecule has 3 rings (SSSR count). The molecule has 1 fully saturated rings. The smallest absolute Gasteiger partial charge is 0.352 e. The number of β-lactam (4-membered cyclic amide) rings is 1. The van der Waals surface area contributed by atoms with Gasteiger partial charge in [-0.1, -0.05) is 18.2 Å². The number of para-hydroxylation sites is 1. The molecule has 10 heteroatoms. The van der Waals surface area contributed by atoms with Gasteiger partial charge in [0.05, 0.1) is 6.61 Å². The van der Waals surface area contributed by atoms with E-state index < -0.39 is 35.2 Å². The zero-order valence-electron chi connectivity index (χ0n) is 16.1. The summed E-state index contributed by atoms with van der Waals surface area (Å²) in [5.74, 6) is -2.10. The molecule has 0 aromatic heterocycles. The van der Waals surface area contributed by atoms with Crippen LogP contribution in [0.5, 0.6) is 5.75 Å². The number of carboxylic acid groups (broad SMARTS) is 1. The Morgan fingerprint density at radius 1 is 1.30 bits per heavy atom. The Balaban J connectivity index is 1.64. The lowest BCUT2D eigenvalue weighted by Crippen LogP contribution is -2.70. The first-order valence-electron chi connectivity index (χ1n) is 9.15. The van der Waals surface area contributed by atoms with Crippen molar-refractivity contribution in [2.75, 3.05) is 19.0 Å². The summed E-state index contributed by atoms with van der Waals surface area (Å²) in [5, 5.41) is 11.6. The van der Waals surface area contributed by atoms with Crippen LogP contribution in [-0.4, -0.2) is 64.1 Å². The number of carbonyl (C=O) groups is 4. The number of hydrogen-bond acceptors (Lipinski definition) is 7. The van der Waals surface area contributed by atoms with Crippen LogP contribution in [0.3, 0.4) is 0 Å². The predicted octanol–water partition coefficient (Wildman–Crippen LogP) is 0.923. The highest BCUT2D eigenvalue weighted by Crippen LogP contribution is 2.40. The highest BCUT2D eigenvalue weighted by Gasteiger charge is 2.53. The van der Waals surface area contributed by atoms with E-state index in [1.165, 1.54) is 17.8 Å². The third kappa shape index (κ3) is 4.65. The third-order valence-corrected chi connectivity index (χ3v) is 5.64. The summed E-state index contributed by atoms with van der Waals surface area (Å²) in [6.07, 6.45) is 2.48. The van der Waals surface area contributed by atoms with Crippen LogP contribution in [0.25, 0.3) is 0 Å². The molecule has 1 aromatic rings. The lowest BCUT2D eigenvalue weighted by Gasteiger charge is -2.49. The first-order valence-corrected chi connectivity index (χ1v) is 10.2. The largest absolute Gasteiger partial charge is 0.484 e. The van der Waals surface area contributed by atoms with Crippen molar-refractivity contribution in [3.63, 3.8) is 0 Å². The maximum Gasteiger partial charge on any atom is 0.352 e. The second-order valence-corrected chi connectivity index (χ2v) is 7.43. The van der Waals surface area contributed by atoms with E-state index in [2.05, 4.69) is 5.32 Å². The van der Waals surface area contributed by atoms with Crippen LogP contribution in [0.15, 0.2) is 53.8 Å². The van der Waals surface area contributed by atoms with Gasteiger partial charge in [0.25, 0.3) is 11.8 Å². The molecule has 1 saturated heterocycles. The van der Waals surface area contributed by atoms with Crippen molar-refractivity contribution in [3.05, 3.63) is 53.8 Å². The molecule has 0 bridgehead atoms. The highest BCUT2D eigenvalue weighted by atomic mass is 32.2. The summed E-state index contributed by atoms with van der Waals surface area (Å²) in [4.78, 5) is 49.1. The van der Waals surface area contributed by atoms with Crippen LogP contribution >= 0.6 is 11.8 Å². The number of aliphatic carboxylic acids is 1. The lowest BCUT2D eigenvalue weighted by atomic mass is 10.0. The molecule has 0 spiro atoms. The van der Waals surface area contributed by atoms with Crippen molar-refractivity contribution in [2.45, 2.75) is 18.3 Å². The number of carbonyl (C=O) groups excluding carboxylic acids is 3. The molecule has 2 atom stereocenters. The monoisotopic (exact) mass is 432 g/mol. The third-order valence-electron chi connectivity index (χ3n) is 4.34. The quantitative estimate of drug-likeness (QED) is 0.353. The van der Waals surface area contributed by atoms with Crippen molar-refractivity contribution >= 4 is 35.5 Å². The molecule has 158 valence electrons. The van der Waals surface area contributed by atoms with Crippen molar-refractivity contribution in [1.82, 2.24) is 10.2 Å². The lowest BCUT2D eigenvalue weighted by molar-refractivity contribution is -0.150. The number of benzene rings is 1. The van der Waals surface area contributed by atoms with E-state index in [0.29, 0.717) is 11.3 Å². The van der Waals surface area contributed by atoms with E-state index in [1.807, 2.05) is 6.07 Å². The molecular formula is C20H20N2O7S. The van der Waals surface area contributed by atoms with Crippen LogP contribution in [0.4, 0.5) is 0 Å². The number of ether oxygens (including phenoxy) is 2. The molecule has 0 saturated carbocycles. The Labute approximate surface area is 176 Å². The Hall–Kier alpha value is -3.27. The molecular weight excluding hydrogens is 412 g/mol. The Morgan fingerprint density at radius 2 is 2.03 bits per heavy atom. The van der Waals surface area contributed by atoms with Crippen LogP contribution in [-0.2, 0) is 23.9 Å². The van der Waals surface area contributed by atoms with Gasteiger partial charge in [0, 0.05) is 11.8 Å². The van der Waals surface area contributed by atoms with Gasteiger partial charge in [0.15, 0.2) is 6.61 Å². The van der Waals surface area contributed by atoms with Gasteiger partial charge in [0.2, 0.25) is 0 Å². The Bertz CT molecular complexity index is 913. The van der Waals surface area contributed by atoms with Crippen molar-refractivity contribution in [2.24, 2.45) is 0 Å². The molecule has 2 aliphatic rings. The molecule has 2 heterocycles. The number of nitrogens with one attached hydrogen (secondary N) is 1. The van der Waals surface area contributed by atoms with Crippen LogP contribution in [0, 0.1) is 0 Å². The first kappa shape index (κ1) is 21.4. The molecule has 0 aliphatic carbocycles. The SMILES string of the molecule is CCOC(=O)/C=C/C1=C(C(=O)O)N2C(=O)C(NC(=O)COc3ccccc3)C2SC1. The second kappa shape index (κ2) is 9.49. The summed E-state index contributed by atoms with van der Waals surface area (Å²) >= 11 is 1.30. The molecule has 9 nitrogen and oxygen atoms in total. The number of thioether (sulfide) groups is 1. The summed E-state index contributed by atoms with van der Waals surface area (Å²) in [7, 11) is 0. The minimum absolute atomic E-state index is 0.199. The minimum atomic E-state index is -1.28. The van der Waals surface area contributed by atoms with Gasteiger partial charge in [-0.2, -0.15) is 0 Å². The highest BCUT2D eigenvalue weighted by molar-refractivity contribution is 8.00. The summed E-state index contributed by atoms with van der Waals surface area (Å²) in [6, 6.07) is 7.93. The van der Waals surface area contributed by atoms with Gasteiger partial charge in [-0.15, -0.1) is 11.8 Å². The molecule has 2 N–H and O–H groups in total. The average Bonchev–Trinajstić information content (AvgIpc) is 2.74. The summed E-state index contributed by atoms with van der Waals surface area (Å²) in [5.41, 5.74) is 0.123. The average molecular weight is 432 g/mol. The number of esters is 1. The number of allylic oxidation sites excluding steroid dienone is 1. The van der Waals surface area contributed by atoms with E-state index in [0.717, 1.165) is 11.0 Å². The maximum absolute atomic E-state index is 12.6. The van der Waals surface area contributed by atoms with Gasteiger partial charge in [0.1, 0.15) is 22.9 Å². The molecule has 1 aromatic carbocycles. The normalized spacial score (nSPS) is 20.4. The summed E-state index contributed by atoms with van der Waals surface area (Å²) in [6.45, 7) is 1.60.